The lowest BCUT2D eigenvalue weighted by Crippen LogP contribution is -2.47. The molecule has 0 unspecified atom stereocenters. The summed E-state index contributed by atoms with van der Waals surface area (Å²) in [7, 11) is 1.85. The van der Waals surface area contributed by atoms with Gasteiger partial charge in [-0.25, -0.2) is 0 Å². The topological polar surface area (TPSA) is 72.9 Å². The van der Waals surface area contributed by atoms with Gasteiger partial charge in [-0.2, -0.15) is 0 Å². The van der Waals surface area contributed by atoms with Crippen molar-refractivity contribution < 1.29 is 14.7 Å². The van der Waals surface area contributed by atoms with Crippen LogP contribution in [-0.4, -0.2) is 72.6 Å². The lowest BCUT2D eigenvalue weighted by atomic mass is 10.0. The van der Waals surface area contributed by atoms with Crippen molar-refractivity contribution in [1.82, 2.24) is 15.1 Å². The van der Waals surface area contributed by atoms with Crippen LogP contribution in [0.1, 0.15) is 24.0 Å². The molecule has 0 radical (unpaired) electrons. The molecule has 1 aliphatic heterocycles. The monoisotopic (exact) mass is 383 g/mol. The van der Waals surface area contributed by atoms with E-state index in [1.54, 1.807) is 0 Å². The molecule has 7 heteroatoms. The second kappa shape index (κ2) is 11.2. The first-order chi connectivity index (χ1) is 12.0. The molecule has 0 bridgehead atoms. The van der Waals surface area contributed by atoms with Crippen molar-refractivity contribution in [2.24, 2.45) is 0 Å². The van der Waals surface area contributed by atoms with Gasteiger partial charge in [-0.05, 0) is 44.4 Å². The molecule has 2 rings (SSSR count). The number of halogens is 1. The molecule has 26 heavy (non-hydrogen) atoms. The molecule has 0 spiro atoms. The molecule has 1 aliphatic rings. The molecule has 0 aromatic heterocycles. The average molecular weight is 384 g/mol. The molecule has 1 heterocycles. The van der Waals surface area contributed by atoms with Gasteiger partial charge in [-0.3, -0.25) is 19.4 Å². The van der Waals surface area contributed by atoms with Crippen LogP contribution in [0.2, 0.25) is 0 Å². The van der Waals surface area contributed by atoms with Crippen molar-refractivity contribution in [3.8, 4) is 0 Å². The van der Waals surface area contributed by atoms with Crippen LogP contribution in [-0.2, 0) is 16.0 Å². The number of nitrogens with one attached hydrogen (secondary N) is 1. The predicted octanol–water partition coefficient (Wildman–Crippen LogP) is 1.56. The van der Waals surface area contributed by atoms with Crippen LogP contribution in [0.15, 0.2) is 24.3 Å². The van der Waals surface area contributed by atoms with Crippen molar-refractivity contribution in [1.29, 1.82) is 0 Å². The van der Waals surface area contributed by atoms with Crippen LogP contribution >= 0.6 is 12.4 Å². The number of nitrogens with zero attached hydrogens (tertiary/aromatic N) is 2. The SMILES string of the molecule is Cc1ccccc1CCNC(=O)CN1CCC(N(C)CC(=O)O)CC1.Cl. The summed E-state index contributed by atoms with van der Waals surface area (Å²) in [4.78, 5) is 26.9. The van der Waals surface area contributed by atoms with Gasteiger partial charge in [-0.15, -0.1) is 12.4 Å². The Morgan fingerprint density at radius 2 is 1.92 bits per heavy atom. The van der Waals surface area contributed by atoms with Crippen molar-refractivity contribution >= 4 is 24.3 Å². The van der Waals surface area contributed by atoms with Crippen LogP contribution in [0.4, 0.5) is 0 Å². The third kappa shape index (κ3) is 7.32. The minimum absolute atomic E-state index is 0. The fourth-order valence-electron chi connectivity index (χ4n) is 3.35. The molecule has 146 valence electrons. The fraction of sp³-hybridized carbons (Fsp3) is 0.579. The standard InChI is InChI=1S/C19H29N3O3.ClH/c1-15-5-3-4-6-16(15)7-10-20-18(23)13-22-11-8-17(9-12-22)21(2)14-19(24)25;/h3-6,17H,7-14H2,1-2H3,(H,20,23)(H,24,25);1H. The summed E-state index contributed by atoms with van der Waals surface area (Å²) in [5.41, 5.74) is 2.52. The van der Waals surface area contributed by atoms with Gasteiger partial charge < -0.3 is 10.4 Å². The third-order valence-corrected chi connectivity index (χ3v) is 4.91. The number of aryl methyl sites for hydroxylation is 1. The Bertz CT molecular complexity index is 589. The summed E-state index contributed by atoms with van der Waals surface area (Å²) in [6, 6.07) is 8.52. The van der Waals surface area contributed by atoms with Gasteiger partial charge >= 0.3 is 5.97 Å². The zero-order valence-electron chi connectivity index (χ0n) is 15.6. The summed E-state index contributed by atoms with van der Waals surface area (Å²) in [5.74, 6) is -0.733. The molecule has 1 amide bonds. The largest absolute Gasteiger partial charge is 0.480 e. The Morgan fingerprint density at radius 1 is 1.27 bits per heavy atom. The number of carboxylic acid groups (broad SMARTS) is 1. The number of carboxylic acids is 1. The third-order valence-electron chi connectivity index (χ3n) is 4.91. The van der Waals surface area contributed by atoms with Crippen LogP contribution in [0.3, 0.4) is 0 Å². The summed E-state index contributed by atoms with van der Waals surface area (Å²) in [6.45, 7) is 4.90. The molecule has 0 aliphatic carbocycles. The molecule has 2 N–H and O–H groups in total. The fourth-order valence-corrected chi connectivity index (χ4v) is 3.35. The maximum Gasteiger partial charge on any atom is 0.317 e. The minimum atomic E-state index is -0.794. The highest BCUT2D eigenvalue weighted by molar-refractivity contribution is 5.85. The second-order valence-corrected chi connectivity index (χ2v) is 6.84. The molecule has 1 saturated heterocycles. The van der Waals surface area contributed by atoms with E-state index in [0.717, 1.165) is 32.4 Å². The number of piperidine rings is 1. The van der Waals surface area contributed by atoms with Crippen LogP contribution in [0.25, 0.3) is 0 Å². The lowest BCUT2D eigenvalue weighted by molar-refractivity contribution is -0.138. The molecule has 0 atom stereocenters. The first-order valence-corrected chi connectivity index (χ1v) is 8.91. The summed E-state index contributed by atoms with van der Waals surface area (Å²) in [5, 5.41) is 11.9. The van der Waals surface area contributed by atoms with E-state index in [1.807, 2.05) is 24.1 Å². The molecule has 0 saturated carbocycles. The number of hydrogen-bond acceptors (Lipinski definition) is 4. The van der Waals surface area contributed by atoms with E-state index in [9.17, 15) is 9.59 Å². The van der Waals surface area contributed by atoms with Gasteiger partial charge in [0.15, 0.2) is 0 Å². The van der Waals surface area contributed by atoms with E-state index >= 15 is 0 Å². The number of carbonyl (C=O) groups is 2. The molecular weight excluding hydrogens is 354 g/mol. The Morgan fingerprint density at radius 3 is 2.54 bits per heavy atom. The number of rotatable bonds is 8. The lowest BCUT2D eigenvalue weighted by Gasteiger charge is -2.35. The average Bonchev–Trinajstić information content (AvgIpc) is 2.56. The highest BCUT2D eigenvalue weighted by atomic mass is 35.5. The quantitative estimate of drug-likeness (QED) is 0.712. The first-order valence-electron chi connectivity index (χ1n) is 8.91. The summed E-state index contributed by atoms with van der Waals surface area (Å²) >= 11 is 0. The number of aliphatic carboxylic acids is 1. The first kappa shape index (κ1) is 22.4. The second-order valence-electron chi connectivity index (χ2n) is 6.84. The predicted molar refractivity (Wildman–Crippen MR) is 105 cm³/mol. The molecule has 1 aromatic rings. The number of likely N-dealkylation sites (N-methyl/N-ethyl adjacent to an activating group) is 1. The van der Waals surface area contributed by atoms with E-state index in [0.29, 0.717) is 13.1 Å². The van der Waals surface area contributed by atoms with E-state index in [4.69, 9.17) is 5.11 Å². The summed E-state index contributed by atoms with van der Waals surface area (Å²) in [6.07, 6.45) is 2.65. The van der Waals surface area contributed by atoms with Crippen LogP contribution in [0.5, 0.6) is 0 Å². The van der Waals surface area contributed by atoms with E-state index in [2.05, 4.69) is 29.3 Å². The van der Waals surface area contributed by atoms with Gasteiger partial charge in [0.05, 0.1) is 13.1 Å². The van der Waals surface area contributed by atoms with E-state index in [-0.39, 0.29) is 30.9 Å². The molecule has 6 nitrogen and oxygen atoms in total. The maximum atomic E-state index is 12.1. The van der Waals surface area contributed by atoms with Gasteiger partial charge in [0.1, 0.15) is 0 Å². The molecule has 1 fully saturated rings. The number of hydrogen-bond donors (Lipinski definition) is 2. The Kier molecular flexibility index (Phi) is 9.62. The Labute approximate surface area is 162 Å². The minimum Gasteiger partial charge on any atom is -0.480 e. The zero-order chi connectivity index (χ0) is 18.2. The van der Waals surface area contributed by atoms with Crippen molar-refractivity contribution in [2.45, 2.75) is 32.2 Å². The number of amides is 1. The zero-order valence-corrected chi connectivity index (χ0v) is 16.4. The van der Waals surface area contributed by atoms with Gasteiger partial charge in [0.2, 0.25) is 5.91 Å². The van der Waals surface area contributed by atoms with Crippen molar-refractivity contribution in [2.75, 3.05) is 39.8 Å². The maximum absolute atomic E-state index is 12.1. The number of carbonyl (C=O) groups excluding carboxylic acids is 1. The van der Waals surface area contributed by atoms with Gasteiger partial charge in [-0.1, -0.05) is 24.3 Å². The summed E-state index contributed by atoms with van der Waals surface area (Å²) < 4.78 is 0. The Hall–Kier alpha value is -1.63. The normalized spacial score (nSPS) is 15.5. The smallest absolute Gasteiger partial charge is 0.317 e. The highest BCUT2D eigenvalue weighted by Crippen LogP contribution is 2.15. The molecular formula is C19H30ClN3O3. The van der Waals surface area contributed by atoms with Gasteiger partial charge in [0, 0.05) is 25.7 Å². The number of likely N-dealkylation sites (tertiary alicyclic amines) is 1. The van der Waals surface area contributed by atoms with Crippen molar-refractivity contribution in [3.63, 3.8) is 0 Å². The number of benzene rings is 1. The molecule has 1 aromatic carbocycles. The van der Waals surface area contributed by atoms with Crippen LogP contribution < -0.4 is 5.32 Å². The van der Waals surface area contributed by atoms with E-state index in [1.165, 1.54) is 11.1 Å². The van der Waals surface area contributed by atoms with Crippen molar-refractivity contribution in [3.05, 3.63) is 35.4 Å². The van der Waals surface area contributed by atoms with Gasteiger partial charge in [0.25, 0.3) is 0 Å². The van der Waals surface area contributed by atoms with E-state index < -0.39 is 5.97 Å². The highest BCUT2D eigenvalue weighted by Gasteiger charge is 2.24. The van der Waals surface area contributed by atoms with Crippen LogP contribution in [0, 0.1) is 6.92 Å². The Balaban J connectivity index is 0.00000338.